The Labute approximate surface area is 233 Å². The number of hydrogen-bond donors (Lipinski definition) is 1. The van der Waals surface area contributed by atoms with Crippen molar-refractivity contribution in [2.24, 2.45) is 0 Å². The third-order valence-electron chi connectivity index (χ3n) is 7.73. The highest BCUT2D eigenvalue weighted by Crippen LogP contribution is 2.16. The van der Waals surface area contributed by atoms with E-state index in [1.165, 1.54) is 154 Å². The van der Waals surface area contributed by atoms with Crippen LogP contribution in [-0.2, 0) is 4.79 Å². The van der Waals surface area contributed by atoms with Crippen LogP contribution in [0.1, 0.15) is 194 Å². The Balaban J connectivity index is 3.56. The van der Waals surface area contributed by atoms with Gasteiger partial charge in [-0.3, -0.25) is 0 Å². The Kier molecular flexibility index (Phi) is 30.3. The van der Waals surface area contributed by atoms with Gasteiger partial charge in [0.2, 0.25) is 0 Å². The SMILES string of the molecule is CCCCCCCCCCCCCCCC=CC=C(CCCCCCCCCCCCCCC)C(=O)O. The first-order chi connectivity index (χ1) is 18.2. The van der Waals surface area contributed by atoms with Crippen molar-refractivity contribution < 1.29 is 9.90 Å². The number of allylic oxidation sites excluding steroid dienone is 3. The third kappa shape index (κ3) is 29.4. The largest absolute Gasteiger partial charge is 0.478 e. The fourth-order valence-electron chi connectivity index (χ4n) is 5.16. The maximum Gasteiger partial charge on any atom is 0.331 e. The molecule has 0 fully saturated rings. The van der Waals surface area contributed by atoms with Crippen LogP contribution in [0.15, 0.2) is 23.8 Å². The quantitative estimate of drug-likeness (QED) is 0.0583. The van der Waals surface area contributed by atoms with Gasteiger partial charge in [0.25, 0.3) is 0 Å². The van der Waals surface area contributed by atoms with E-state index < -0.39 is 5.97 Å². The zero-order valence-electron chi connectivity index (χ0n) is 25.4. The van der Waals surface area contributed by atoms with Gasteiger partial charge in [-0.25, -0.2) is 4.79 Å². The molecule has 0 saturated carbocycles. The summed E-state index contributed by atoms with van der Waals surface area (Å²) >= 11 is 0. The molecule has 0 saturated heterocycles. The van der Waals surface area contributed by atoms with Crippen molar-refractivity contribution in [1.29, 1.82) is 0 Å². The molecular formula is C35H66O2. The number of aliphatic carboxylic acids is 1. The Morgan fingerprint density at radius 2 is 0.811 bits per heavy atom. The maximum atomic E-state index is 11.5. The summed E-state index contributed by atoms with van der Waals surface area (Å²) in [5.74, 6) is -0.746. The molecule has 0 aliphatic heterocycles. The summed E-state index contributed by atoms with van der Waals surface area (Å²) < 4.78 is 0. The second kappa shape index (κ2) is 31.2. The monoisotopic (exact) mass is 519 g/mol. The average Bonchev–Trinajstić information content (AvgIpc) is 2.89. The lowest BCUT2D eigenvalue weighted by Crippen LogP contribution is -2.00. The third-order valence-corrected chi connectivity index (χ3v) is 7.73. The van der Waals surface area contributed by atoms with Crippen molar-refractivity contribution in [3.63, 3.8) is 0 Å². The molecule has 0 aromatic rings. The van der Waals surface area contributed by atoms with Crippen LogP contribution in [0.2, 0.25) is 0 Å². The summed E-state index contributed by atoms with van der Waals surface area (Å²) in [6, 6.07) is 0. The fourth-order valence-corrected chi connectivity index (χ4v) is 5.16. The second-order valence-electron chi connectivity index (χ2n) is 11.4. The molecule has 0 aliphatic carbocycles. The molecule has 0 aromatic carbocycles. The summed E-state index contributed by atoms with van der Waals surface area (Å²) in [5.41, 5.74) is 0.574. The van der Waals surface area contributed by atoms with Gasteiger partial charge < -0.3 is 5.11 Å². The predicted octanol–water partition coefficient (Wildman–Crippen LogP) is 12.5. The highest BCUT2D eigenvalue weighted by atomic mass is 16.4. The predicted molar refractivity (Wildman–Crippen MR) is 165 cm³/mol. The zero-order chi connectivity index (χ0) is 27.1. The van der Waals surface area contributed by atoms with Crippen molar-refractivity contribution in [3.05, 3.63) is 23.8 Å². The van der Waals surface area contributed by atoms with Gasteiger partial charge in [-0.1, -0.05) is 186 Å². The number of carboxylic acid groups (broad SMARTS) is 1. The van der Waals surface area contributed by atoms with Gasteiger partial charge >= 0.3 is 5.97 Å². The van der Waals surface area contributed by atoms with Crippen LogP contribution in [-0.4, -0.2) is 11.1 Å². The van der Waals surface area contributed by atoms with Crippen LogP contribution in [0.3, 0.4) is 0 Å². The van der Waals surface area contributed by atoms with Gasteiger partial charge in [-0.15, -0.1) is 0 Å². The minimum Gasteiger partial charge on any atom is -0.478 e. The summed E-state index contributed by atoms with van der Waals surface area (Å²) in [6.45, 7) is 4.56. The van der Waals surface area contributed by atoms with Gasteiger partial charge in [0.05, 0.1) is 0 Å². The minimum atomic E-state index is -0.746. The summed E-state index contributed by atoms with van der Waals surface area (Å²) in [5, 5.41) is 9.49. The van der Waals surface area contributed by atoms with E-state index in [2.05, 4.69) is 19.9 Å². The molecule has 0 aromatic heterocycles. The molecule has 0 unspecified atom stereocenters. The van der Waals surface area contributed by atoms with Crippen LogP contribution >= 0.6 is 0 Å². The maximum absolute atomic E-state index is 11.5. The van der Waals surface area contributed by atoms with Crippen molar-refractivity contribution in [2.75, 3.05) is 0 Å². The molecule has 0 aliphatic rings. The fraction of sp³-hybridized carbons (Fsp3) is 0.857. The number of unbranched alkanes of at least 4 members (excludes halogenated alkanes) is 25. The number of carboxylic acids is 1. The molecule has 0 amide bonds. The number of carbonyl (C=O) groups is 1. The van der Waals surface area contributed by atoms with Crippen molar-refractivity contribution in [2.45, 2.75) is 194 Å². The van der Waals surface area contributed by atoms with Crippen molar-refractivity contribution in [1.82, 2.24) is 0 Å². The Hall–Kier alpha value is -1.05. The van der Waals surface area contributed by atoms with E-state index >= 15 is 0 Å². The van der Waals surface area contributed by atoms with Crippen LogP contribution in [0, 0.1) is 0 Å². The summed E-state index contributed by atoms with van der Waals surface area (Å²) in [6.07, 6.45) is 42.9. The molecule has 0 bridgehead atoms. The van der Waals surface area contributed by atoms with Gasteiger partial charge in [-0.2, -0.15) is 0 Å². The lowest BCUT2D eigenvalue weighted by molar-refractivity contribution is -0.132. The van der Waals surface area contributed by atoms with E-state index in [0.29, 0.717) is 12.0 Å². The Bertz CT molecular complexity index is 519. The molecule has 0 spiro atoms. The number of rotatable bonds is 30. The molecule has 37 heavy (non-hydrogen) atoms. The molecule has 0 rings (SSSR count). The first kappa shape index (κ1) is 35.9. The van der Waals surface area contributed by atoms with Gasteiger partial charge in [0.15, 0.2) is 0 Å². The molecular weight excluding hydrogens is 452 g/mol. The summed E-state index contributed by atoms with van der Waals surface area (Å²) in [7, 11) is 0. The van der Waals surface area contributed by atoms with Gasteiger partial charge in [0, 0.05) is 5.57 Å². The zero-order valence-corrected chi connectivity index (χ0v) is 25.4. The molecule has 218 valence electrons. The van der Waals surface area contributed by atoms with Crippen LogP contribution in [0.25, 0.3) is 0 Å². The lowest BCUT2D eigenvalue weighted by atomic mass is 10.0. The first-order valence-electron chi connectivity index (χ1n) is 16.8. The minimum absolute atomic E-state index is 0.574. The first-order valence-corrected chi connectivity index (χ1v) is 16.8. The standard InChI is InChI=1S/C35H66O2/c1-3-5-7-9-11-13-15-17-18-19-21-23-25-27-29-31-33-34(35(36)37)32-30-28-26-24-22-20-16-14-12-10-8-6-4-2/h29,31,33H,3-28,30,32H2,1-2H3,(H,36,37). The lowest BCUT2D eigenvalue weighted by Gasteiger charge is -2.04. The van der Waals surface area contributed by atoms with E-state index in [1.807, 2.05) is 12.2 Å². The van der Waals surface area contributed by atoms with E-state index in [9.17, 15) is 9.90 Å². The smallest absolute Gasteiger partial charge is 0.331 e. The average molecular weight is 519 g/mol. The Morgan fingerprint density at radius 3 is 1.16 bits per heavy atom. The molecule has 0 heterocycles. The molecule has 2 nitrogen and oxygen atoms in total. The van der Waals surface area contributed by atoms with Gasteiger partial charge in [0.1, 0.15) is 0 Å². The van der Waals surface area contributed by atoms with Gasteiger partial charge in [-0.05, 0) is 25.7 Å². The molecule has 0 radical (unpaired) electrons. The normalized spacial score (nSPS) is 12.1. The van der Waals surface area contributed by atoms with Crippen molar-refractivity contribution >= 4 is 5.97 Å². The topological polar surface area (TPSA) is 37.3 Å². The van der Waals surface area contributed by atoms with Crippen LogP contribution in [0.4, 0.5) is 0 Å². The van der Waals surface area contributed by atoms with Crippen LogP contribution in [0.5, 0.6) is 0 Å². The van der Waals surface area contributed by atoms with Crippen molar-refractivity contribution in [3.8, 4) is 0 Å². The van der Waals surface area contributed by atoms with E-state index in [4.69, 9.17) is 0 Å². The highest BCUT2D eigenvalue weighted by molar-refractivity contribution is 5.86. The summed E-state index contributed by atoms with van der Waals surface area (Å²) in [4.78, 5) is 11.5. The molecule has 0 atom stereocenters. The Morgan fingerprint density at radius 1 is 0.486 bits per heavy atom. The molecule has 2 heteroatoms. The molecule has 1 N–H and O–H groups in total. The van der Waals surface area contributed by atoms with Crippen LogP contribution < -0.4 is 0 Å². The van der Waals surface area contributed by atoms with E-state index in [0.717, 1.165) is 19.3 Å². The van der Waals surface area contributed by atoms with E-state index in [-0.39, 0.29) is 0 Å². The highest BCUT2D eigenvalue weighted by Gasteiger charge is 2.05. The van der Waals surface area contributed by atoms with E-state index in [1.54, 1.807) is 0 Å². The number of hydrogen-bond acceptors (Lipinski definition) is 1. The second-order valence-corrected chi connectivity index (χ2v) is 11.4.